The van der Waals surface area contributed by atoms with Gasteiger partial charge in [0, 0.05) is 121 Å². The second kappa shape index (κ2) is 30.3. The van der Waals surface area contributed by atoms with Crippen molar-refractivity contribution < 1.29 is 10.2 Å². The zero-order valence-electron chi connectivity index (χ0n) is 86.8. The van der Waals surface area contributed by atoms with Gasteiger partial charge in [0.05, 0.1) is 55.9 Å². The van der Waals surface area contributed by atoms with E-state index in [9.17, 15) is 10.2 Å². The van der Waals surface area contributed by atoms with Gasteiger partial charge in [-0.2, -0.15) is 0 Å². The van der Waals surface area contributed by atoms with Crippen LogP contribution in [0.5, 0.6) is 11.5 Å². The topological polar surface area (TPSA) is 155 Å². The summed E-state index contributed by atoms with van der Waals surface area (Å²) < 4.78 is 0. The van der Waals surface area contributed by atoms with Gasteiger partial charge in [0.2, 0.25) is 0 Å². The molecule has 8 aromatic heterocycles. The van der Waals surface area contributed by atoms with E-state index in [1.165, 1.54) is 44.5 Å². The zero-order chi connectivity index (χ0) is 97.2. The second-order valence-electron chi connectivity index (χ2n) is 51.8. The molecule has 0 fully saturated rings. The van der Waals surface area contributed by atoms with Crippen LogP contribution < -0.4 is 0 Å². The summed E-state index contributed by atoms with van der Waals surface area (Å²) in [5.74, 6) is 0.631. The number of hydrogen-bond donors (Lipinski definition) is 6. The van der Waals surface area contributed by atoms with Crippen LogP contribution in [0.15, 0.2) is 146 Å². The Morgan fingerprint density at radius 1 is 0.201 bits per heavy atom. The standard InChI is InChI=1S/C124H142N8O2/c1-113(2,3)71-45-65(46-72(57-71)114(4,5)6)101-91-41-37-87(125-91)99(69-53-83(121(25,26)27)111(133)84(54-69)122(28,29)30)88-38-42-92(126-88)103(67-49-75(117(13,14)15)59-76(50-67)118(16,17)18)97-63-81-82-64-98-104(68-51-77(119(19,20)21)60-78(52-68)120(22,23)24)94-44-40-90(128-94)100(70-55-85(123(31,32)33)112(134)86(56-70)124(34,35)36)89-39-43-93(127-89)102(66-47-73(115(7,8)9)58-74(48-66)116(10,11)12)96-62-80-79-61-95(101)129-107(79)105(109(81)131-97)106(108(80)130-96)110(82)132-98/h37-64,125,127,131-134H,1-36H3. The number of aromatic hydroxyl groups is 2. The molecule has 10 nitrogen and oxygen atoms in total. The molecular formula is C124H142N8O2. The first-order valence-electron chi connectivity index (χ1n) is 48.7. The Balaban J connectivity index is 1.17. The van der Waals surface area contributed by atoms with E-state index in [1.54, 1.807) is 0 Å². The van der Waals surface area contributed by atoms with E-state index in [4.69, 9.17) is 19.9 Å². The number of benzene rings is 8. The molecule has 0 radical (unpaired) electrons. The lowest BCUT2D eigenvalue weighted by atomic mass is 9.77. The van der Waals surface area contributed by atoms with Crippen molar-refractivity contribution in [3.8, 4) is 78.3 Å². The van der Waals surface area contributed by atoms with Crippen LogP contribution in [-0.4, -0.2) is 50.1 Å². The van der Waals surface area contributed by atoms with Crippen molar-refractivity contribution in [3.05, 3.63) is 235 Å². The summed E-state index contributed by atoms with van der Waals surface area (Å²) in [6.07, 6.45) is 8.95. The minimum absolute atomic E-state index is 0.252. The van der Waals surface area contributed by atoms with Gasteiger partial charge in [-0.05, 0) is 240 Å². The van der Waals surface area contributed by atoms with Gasteiger partial charge in [-0.1, -0.05) is 322 Å². The van der Waals surface area contributed by atoms with E-state index in [0.29, 0.717) is 11.5 Å². The minimum Gasteiger partial charge on any atom is -0.507 e. The van der Waals surface area contributed by atoms with E-state index in [-0.39, 0.29) is 43.3 Å². The molecule has 2 aliphatic rings. The first-order chi connectivity index (χ1) is 61.7. The highest BCUT2D eigenvalue weighted by Gasteiger charge is 2.36. The molecule has 0 saturated heterocycles. The number of phenols is 2. The van der Waals surface area contributed by atoms with Crippen LogP contribution in [0.3, 0.4) is 0 Å². The van der Waals surface area contributed by atoms with Crippen molar-refractivity contribution in [3.63, 3.8) is 0 Å². The number of aromatic nitrogens is 8. The average Bonchev–Trinajstić information content (AvgIpc) is 1.52. The van der Waals surface area contributed by atoms with Crippen molar-refractivity contribution in [2.75, 3.05) is 0 Å². The van der Waals surface area contributed by atoms with Gasteiger partial charge in [0.1, 0.15) is 11.5 Å². The normalized spacial score (nSPS) is 14.0. The first kappa shape index (κ1) is 92.6. The van der Waals surface area contributed by atoms with E-state index in [0.717, 1.165) is 210 Å². The van der Waals surface area contributed by atoms with E-state index >= 15 is 0 Å². The van der Waals surface area contributed by atoms with Crippen molar-refractivity contribution in [2.45, 2.75) is 314 Å². The molecule has 10 heteroatoms. The molecule has 0 atom stereocenters. The van der Waals surface area contributed by atoms with Crippen molar-refractivity contribution >= 4 is 123 Å². The molecule has 2 aliphatic heterocycles. The summed E-state index contributed by atoms with van der Waals surface area (Å²) >= 11 is 0. The van der Waals surface area contributed by atoms with Gasteiger partial charge in [0.25, 0.3) is 0 Å². The van der Waals surface area contributed by atoms with Crippen LogP contribution in [-0.2, 0) is 65.0 Å². The van der Waals surface area contributed by atoms with Crippen LogP contribution in [0.1, 0.15) is 339 Å². The van der Waals surface area contributed by atoms with E-state index < -0.39 is 21.7 Å². The third-order valence-corrected chi connectivity index (χ3v) is 28.6. The largest absolute Gasteiger partial charge is 0.507 e. The summed E-state index contributed by atoms with van der Waals surface area (Å²) in [4.78, 5) is 42.6. The highest BCUT2D eigenvalue weighted by atomic mass is 16.3. The Morgan fingerprint density at radius 3 is 0.634 bits per heavy atom. The molecule has 16 bridgehead atoms. The van der Waals surface area contributed by atoms with E-state index in [1.807, 2.05) is 0 Å². The molecular weight excluding hydrogens is 1630 g/mol. The monoisotopic (exact) mass is 1780 g/mol. The number of fused-ring (bicyclic) bond motifs is 14. The summed E-state index contributed by atoms with van der Waals surface area (Å²) in [5, 5.41) is 31.3. The van der Waals surface area contributed by atoms with Crippen LogP contribution >= 0.6 is 0 Å². The maximum absolute atomic E-state index is 12.7. The molecule has 0 saturated carbocycles. The first-order valence-corrected chi connectivity index (χ1v) is 48.7. The van der Waals surface area contributed by atoms with Crippen LogP contribution in [0.2, 0.25) is 0 Å². The number of rotatable bonds is 6. The van der Waals surface area contributed by atoms with Gasteiger partial charge in [-0.3, -0.25) is 0 Å². The molecule has 0 unspecified atom stereocenters. The Labute approximate surface area is 795 Å². The summed E-state index contributed by atoms with van der Waals surface area (Å²) in [7, 11) is 0. The predicted molar refractivity (Wildman–Crippen MR) is 577 cm³/mol. The number of H-pyrrole nitrogens is 4. The molecule has 8 aromatic carbocycles. The smallest absolute Gasteiger partial charge is 0.123 e. The van der Waals surface area contributed by atoms with Gasteiger partial charge < -0.3 is 30.1 Å². The quantitative estimate of drug-likeness (QED) is 0.0974. The van der Waals surface area contributed by atoms with Gasteiger partial charge in [0.15, 0.2) is 0 Å². The van der Waals surface area contributed by atoms with E-state index in [2.05, 4.69) is 439 Å². The van der Waals surface area contributed by atoms with Gasteiger partial charge >= 0.3 is 0 Å². The third-order valence-electron chi connectivity index (χ3n) is 28.6. The summed E-state index contributed by atoms with van der Waals surface area (Å²) in [5.41, 5.74) is 34.6. The fourth-order valence-corrected chi connectivity index (χ4v) is 20.3. The van der Waals surface area contributed by atoms with Crippen LogP contribution in [0.4, 0.5) is 0 Å². The second-order valence-corrected chi connectivity index (χ2v) is 51.8. The van der Waals surface area contributed by atoms with Gasteiger partial charge in [-0.25, -0.2) is 19.9 Å². The molecule has 10 heterocycles. The molecule has 6 N–H and O–H groups in total. The summed E-state index contributed by atoms with van der Waals surface area (Å²) in [6, 6.07) is 56.7. The summed E-state index contributed by atoms with van der Waals surface area (Å²) in [6.45, 7) is 82.2. The average molecular weight is 1780 g/mol. The fraction of sp³-hybridized carbons (Fsp3) is 0.387. The lowest BCUT2D eigenvalue weighted by Crippen LogP contribution is -2.17. The minimum atomic E-state index is -0.451. The van der Waals surface area contributed by atoms with Crippen molar-refractivity contribution in [1.82, 2.24) is 39.9 Å². The SMILES string of the molecule is CC(C)(C)c1cc(-c2c3nc(c(-c4cc(C(C)(C)C)c(O)c(C(C)(C)C)c4)c4ccc([nH]4)c(-c4cc(C(C)(C)C)cc(C(C)(C)C)c4)c4cc5c6cc7nc6c6c8[nH]c(cc8c8cc2[nH]c8c6c5n4)c(-c2cc(C(C)(C)C)cc(C(C)(C)C)c2)c2nc(c(-c4cc(C(C)(C)C)c(O)c(C(C)(C)C)c4)c4ccc([nH]4)c7-c4cc(C(C)(C)C)cc(C(C)(C)C)c4)C=C2)C=C3)cc(C(C)(C)C)c1. The van der Waals surface area contributed by atoms with Gasteiger partial charge in [-0.15, -0.1) is 0 Å². The number of nitrogens with one attached hydrogen (secondary N) is 4. The lowest BCUT2D eigenvalue weighted by molar-refractivity contribution is 0.422. The Kier molecular flexibility index (Phi) is 20.9. The number of phenolic OH excluding ortho intramolecular Hbond substituents is 2. The molecule has 0 amide bonds. The van der Waals surface area contributed by atoms with Crippen LogP contribution in [0, 0.1) is 0 Å². The van der Waals surface area contributed by atoms with Crippen molar-refractivity contribution in [1.29, 1.82) is 0 Å². The number of aromatic amines is 4. The lowest BCUT2D eigenvalue weighted by Gasteiger charge is -2.28. The molecule has 16 aromatic rings. The Morgan fingerprint density at radius 2 is 0.410 bits per heavy atom. The molecule has 0 aliphatic carbocycles. The Hall–Kier alpha value is -11.9. The molecule has 134 heavy (non-hydrogen) atoms. The fourth-order valence-electron chi connectivity index (χ4n) is 20.3. The molecule has 0 spiro atoms. The Bertz CT molecular complexity index is 7230. The maximum atomic E-state index is 12.7. The van der Waals surface area contributed by atoms with Crippen LogP contribution in [0.25, 0.3) is 190 Å². The van der Waals surface area contributed by atoms with Crippen molar-refractivity contribution in [2.24, 2.45) is 0 Å². The molecule has 18 rings (SSSR count). The predicted octanol–water partition coefficient (Wildman–Crippen LogP) is 34.6. The third kappa shape index (κ3) is 16.2. The zero-order valence-corrected chi connectivity index (χ0v) is 86.8. The number of hydrogen-bond acceptors (Lipinski definition) is 6. The maximum Gasteiger partial charge on any atom is 0.123 e. The number of nitrogens with zero attached hydrogens (tertiary/aromatic N) is 4. The highest BCUT2D eigenvalue weighted by molar-refractivity contribution is 6.40. The molecule has 690 valence electrons. The highest BCUT2D eigenvalue weighted by Crippen LogP contribution is 2.54.